The third-order valence-electron chi connectivity index (χ3n) is 6.33. The molecule has 1 aromatic carbocycles. The number of benzene rings is 1. The van der Waals surface area contributed by atoms with E-state index in [1.54, 1.807) is 18.5 Å². The Labute approximate surface area is 202 Å². The summed E-state index contributed by atoms with van der Waals surface area (Å²) in [6, 6.07) is 7.33. The fourth-order valence-electron chi connectivity index (χ4n) is 4.46. The quantitative estimate of drug-likeness (QED) is 0.525. The Morgan fingerprint density at radius 2 is 1.77 bits per heavy atom. The van der Waals surface area contributed by atoms with Gasteiger partial charge in [0.1, 0.15) is 0 Å². The van der Waals surface area contributed by atoms with Crippen LogP contribution in [0.2, 0.25) is 0 Å². The second kappa shape index (κ2) is 9.72. The summed E-state index contributed by atoms with van der Waals surface area (Å²) < 4.78 is 32.9. The van der Waals surface area contributed by atoms with Gasteiger partial charge < -0.3 is 19.9 Å². The molecule has 0 atom stereocenters. The molecule has 2 aliphatic heterocycles. The van der Waals surface area contributed by atoms with Gasteiger partial charge in [-0.3, -0.25) is 9.59 Å². The molecule has 3 aromatic rings. The van der Waals surface area contributed by atoms with Gasteiger partial charge in [-0.05, 0) is 37.1 Å². The lowest BCUT2D eigenvalue weighted by Crippen LogP contribution is -2.45. The number of amides is 1. The maximum atomic E-state index is 13.2. The Balaban J connectivity index is 1.37. The van der Waals surface area contributed by atoms with Crippen molar-refractivity contribution in [3.8, 4) is 0 Å². The van der Waals surface area contributed by atoms with E-state index in [0.717, 1.165) is 0 Å². The number of fused-ring (bicyclic) bond motifs is 1. The Morgan fingerprint density at radius 1 is 1.06 bits per heavy atom. The first kappa shape index (κ1) is 23.4. The second-order valence-corrected chi connectivity index (χ2v) is 10.5. The number of ether oxygens (including phenoxy) is 1. The third-order valence-corrected chi connectivity index (χ3v) is 8.23. The summed E-state index contributed by atoms with van der Waals surface area (Å²) in [5, 5.41) is 3.39. The van der Waals surface area contributed by atoms with Gasteiger partial charge in [-0.2, -0.15) is 4.31 Å². The van der Waals surface area contributed by atoms with Crippen LogP contribution in [-0.4, -0.2) is 79.0 Å². The van der Waals surface area contributed by atoms with E-state index >= 15 is 0 Å². The van der Waals surface area contributed by atoms with E-state index in [2.05, 4.69) is 25.2 Å². The van der Waals surface area contributed by atoms with Crippen LogP contribution in [0.5, 0.6) is 0 Å². The number of carbonyl (C=O) groups is 1. The number of morpholine rings is 1. The average molecular weight is 499 g/mol. The Kier molecular flexibility index (Phi) is 6.50. The van der Waals surface area contributed by atoms with Gasteiger partial charge in [0.05, 0.1) is 23.7 Å². The predicted octanol–water partition coefficient (Wildman–Crippen LogP) is 0.738. The molecule has 184 valence electrons. The number of aromatic amines is 1. The van der Waals surface area contributed by atoms with Crippen molar-refractivity contribution in [1.82, 2.24) is 24.6 Å². The van der Waals surface area contributed by atoms with Crippen molar-refractivity contribution in [2.75, 3.05) is 44.3 Å². The first-order chi connectivity index (χ1) is 16.9. The van der Waals surface area contributed by atoms with Crippen molar-refractivity contribution in [3.63, 3.8) is 0 Å². The fourth-order valence-corrected chi connectivity index (χ4v) is 5.89. The van der Waals surface area contributed by atoms with Crippen LogP contribution in [0.25, 0.3) is 10.9 Å². The molecule has 0 aliphatic carbocycles. The smallest absolute Gasteiger partial charge is 0.252 e. The van der Waals surface area contributed by atoms with Crippen LogP contribution in [0.15, 0.2) is 52.4 Å². The zero-order valence-corrected chi connectivity index (χ0v) is 19.8. The van der Waals surface area contributed by atoms with Crippen molar-refractivity contribution >= 4 is 32.8 Å². The van der Waals surface area contributed by atoms with Crippen molar-refractivity contribution in [1.29, 1.82) is 0 Å². The molecule has 0 unspecified atom stereocenters. The summed E-state index contributed by atoms with van der Waals surface area (Å²) in [4.78, 5) is 38.8. The molecule has 1 amide bonds. The standard InChI is InChI=1S/C23H26N6O5S/c30-21-15-19(22(31)26-16-4-8-28(9-5-16)23-24-6-1-7-25-23)18-14-17(2-3-20(18)27-21)35(32,33)29-10-12-34-13-11-29/h1-3,6-7,14-16H,4-5,8-13H2,(H,26,31)(H,27,30). The normalized spacial score (nSPS) is 18.0. The molecule has 11 nitrogen and oxygen atoms in total. The first-order valence-corrected chi connectivity index (χ1v) is 12.9. The van der Waals surface area contributed by atoms with Crippen LogP contribution in [0.1, 0.15) is 23.2 Å². The highest BCUT2D eigenvalue weighted by molar-refractivity contribution is 7.89. The third kappa shape index (κ3) is 4.90. The molecular weight excluding hydrogens is 472 g/mol. The molecular formula is C23H26N6O5S. The molecule has 2 N–H and O–H groups in total. The summed E-state index contributed by atoms with van der Waals surface area (Å²) in [6.45, 7) is 2.59. The van der Waals surface area contributed by atoms with Gasteiger partial charge in [-0.1, -0.05) is 0 Å². The molecule has 5 rings (SSSR count). The zero-order chi connectivity index (χ0) is 24.4. The highest BCUT2D eigenvalue weighted by atomic mass is 32.2. The number of piperidine rings is 1. The number of carbonyl (C=O) groups excluding carboxylic acids is 1. The van der Waals surface area contributed by atoms with Crippen LogP contribution in [-0.2, 0) is 14.8 Å². The number of pyridine rings is 1. The van der Waals surface area contributed by atoms with Gasteiger partial charge in [0.25, 0.3) is 5.91 Å². The van der Waals surface area contributed by atoms with E-state index in [1.807, 2.05) is 0 Å². The SMILES string of the molecule is O=C(NC1CCN(c2ncccn2)CC1)c1cc(=O)[nH]c2ccc(S(=O)(=O)N3CCOCC3)cc12. The summed E-state index contributed by atoms with van der Waals surface area (Å²) in [5.74, 6) is 0.253. The van der Waals surface area contributed by atoms with E-state index in [-0.39, 0.29) is 29.6 Å². The number of anilines is 1. The van der Waals surface area contributed by atoms with Gasteiger partial charge in [-0.25, -0.2) is 18.4 Å². The highest BCUT2D eigenvalue weighted by Crippen LogP contribution is 2.24. The lowest BCUT2D eigenvalue weighted by Gasteiger charge is -2.32. The monoisotopic (exact) mass is 498 g/mol. The number of rotatable bonds is 5. The molecule has 2 aliphatic rings. The number of nitrogens with zero attached hydrogens (tertiary/aromatic N) is 4. The van der Waals surface area contributed by atoms with Crippen LogP contribution in [0.3, 0.4) is 0 Å². The van der Waals surface area contributed by atoms with Gasteiger partial charge >= 0.3 is 0 Å². The summed E-state index contributed by atoms with van der Waals surface area (Å²) >= 11 is 0. The van der Waals surface area contributed by atoms with E-state index in [4.69, 9.17) is 4.74 Å². The number of nitrogens with one attached hydrogen (secondary N) is 2. The van der Waals surface area contributed by atoms with E-state index in [9.17, 15) is 18.0 Å². The lowest BCUT2D eigenvalue weighted by molar-refractivity contribution is 0.0730. The number of hydrogen-bond donors (Lipinski definition) is 2. The molecule has 2 fully saturated rings. The lowest BCUT2D eigenvalue weighted by atomic mass is 10.0. The number of aromatic nitrogens is 3. The molecule has 0 spiro atoms. The zero-order valence-electron chi connectivity index (χ0n) is 19.0. The van der Waals surface area contributed by atoms with Crippen molar-refractivity contribution in [2.45, 2.75) is 23.8 Å². The molecule has 35 heavy (non-hydrogen) atoms. The minimum Gasteiger partial charge on any atom is -0.379 e. The van der Waals surface area contributed by atoms with Gasteiger partial charge in [0.2, 0.25) is 21.5 Å². The minimum absolute atomic E-state index is 0.0733. The number of sulfonamides is 1. The molecule has 2 aromatic heterocycles. The van der Waals surface area contributed by atoms with Gasteiger partial charge in [-0.15, -0.1) is 0 Å². The maximum absolute atomic E-state index is 13.2. The van der Waals surface area contributed by atoms with Crippen molar-refractivity contribution in [3.05, 3.63) is 58.6 Å². The predicted molar refractivity (Wildman–Crippen MR) is 129 cm³/mol. The summed E-state index contributed by atoms with van der Waals surface area (Å²) in [5.41, 5.74) is 0.124. The first-order valence-electron chi connectivity index (χ1n) is 11.5. The number of H-pyrrole nitrogens is 1. The van der Waals surface area contributed by atoms with Crippen molar-refractivity contribution in [2.24, 2.45) is 0 Å². The molecule has 4 heterocycles. The van der Waals surface area contributed by atoms with Crippen LogP contribution >= 0.6 is 0 Å². The summed E-state index contributed by atoms with van der Waals surface area (Å²) in [6.07, 6.45) is 4.78. The molecule has 0 bridgehead atoms. The highest BCUT2D eigenvalue weighted by Gasteiger charge is 2.28. The molecule has 12 heteroatoms. The molecule has 2 saturated heterocycles. The van der Waals surface area contributed by atoms with E-state index in [0.29, 0.717) is 56.0 Å². The maximum Gasteiger partial charge on any atom is 0.252 e. The Hall–Kier alpha value is -3.35. The molecule has 0 radical (unpaired) electrons. The van der Waals surface area contributed by atoms with E-state index in [1.165, 1.54) is 28.6 Å². The van der Waals surface area contributed by atoms with Crippen LogP contribution in [0, 0.1) is 0 Å². The molecule has 0 saturated carbocycles. The number of hydrogen-bond acceptors (Lipinski definition) is 8. The topological polar surface area (TPSA) is 138 Å². The largest absolute Gasteiger partial charge is 0.379 e. The second-order valence-electron chi connectivity index (χ2n) is 8.55. The van der Waals surface area contributed by atoms with Gasteiger partial charge in [0, 0.05) is 61.6 Å². The van der Waals surface area contributed by atoms with E-state index < -0.39 is 21.5 Å². The Bertz CT molecular complexity index is 1380. The minimum atomic E-state index is -3.75. The fraction of sp³-hybridized carbons (Fsp3) is 0.391. The Morgan fingerprint density at radius 3 is 2.49 bits per heavy atom. The van der Waals surface area contributed by atoms with Crippen molar-refractivity contribution < 1.29 is 17.9 Å². The van der Waals surface area contributed by atoms with Crippen LogP contribution < -0.4 is 15.8 Å². The average Bonchev–Trinajstić information content (AvgIpc) is 2.89. The van der Waals surface area contributed by atoms with Crippen LogP contribution in [0.4, 0.5) is 5.95 Å². The van der Waals surface area contributed by atoms with Gasteiger partial charge in [0.15, 0.2) is 0 Å². The summed E-state index contributed by atoms with van der Waals surface area (Å²) in [7, 11) is -3.75.